The van der Waals surface area contributed by atoms with Gasteiger partial charge in [-0.25, -0.2) is 15.0 Å². The molecule has 4 aromatic rings. The highest BCUT2D eigenvalue weighted by Gasteiger charge is 2.41. The van der Waals surface area contributed by atoms with Crippen LogP contribution in [0.15, 0.2) is 55.1 Å². The highest BCUT2D eigenvalue weighted by Crippen LogP contribution is 2.38. The van der Waals surface area contributed by atoms with Crippen LogP contribution in [0.5, 0.6) is 5.75 Å². The number of hydrogen-bond donors (Lipinski definition) is 0. The Kier molecular flexibility index (Phi) is 8.76. The number of methoxy groups -OCH3 is 1. The Morgan fingerprint density at radius 3 is 2.62 bits per heavy atom. The first kappa shape index (κ1) is 28.2. The molecular weight excluding hydrogens is 500 g/mol. The van der Waals surface area contributed by atoms with Crippen LogP contribution < -0.4 is 4.74 Å². The number of fused-ring (bicyclic) bond motifs is 1. The Morgan fingerprint density at radius 1 is 1.07 bits per heavy atom. The second-order valence-corrected chi connectivity index (χ2v) is 11.3. The van der Waals surface area contributed by atoms with Gasteiger partial charge in [0.2, 0.25) is 0 Å². The number of likely N-dealkylation sites (tertiary alicyclic amines) is 1. The monoisotopic (exact) mass is 542 g/mol. The fraction of sp³-hybridized carbons (Fsp3) is 0.500. The van der Waals surface area contributed by atoms with Crippen LogP contribution in [0.1, 0.15) is 62.7 Å². The lowest BCUT2D eigenvalue weighted by Crippen LogP contribution is -2.48. The van der Waals surface area contributed by atoms with E-state index in [9.17, 15) is 0 Å². The first-order valence-corrected chi connectivity index (χ1v) is 14.5. The molecule has 0 saturated carbocycles. The molecule has 40 heavy (non-hydrogen) atoms. The fourth-order valence-corrected chi connectivity index (χ4v) is 6.14. The van der Waals surface area contributed by atoms with Gasteiger partial charge in [-0.05, 0) is 88.7 Å². The van der Waals surface area contributed by atoms with Crippen molar-refractivity contribution in [2.24, 2.45) is 5.92 Å². The Balaban J connectivity index is 1.39. The SMILES string of the molecule is CCOCC(CCc1nc2ncncc2n1Cc1ccc(OC)cc1)C1CCCN1C(C)(C)c1ccc(C)nc1. The molecule has 1 saturated heterocycles. The second kappa shape index (κ2) is 12.4. The van der Waals surface area contributed by atoms with Gasteiger partial charge in [-0.1, -0.05) is 18.2 Å². The number of hydrogen-bond acceptors (Lipinski definition) is 7. The highest BCUT2D eigenvalue weighted by atomic mass is 16.5. The summed E-state index contributed by atoms with van der Waals surface area (Å²) in [5.41, 5.74) is 5.10. The Labute approximate surface area is 237 Å². The number of pyridine rings is 1. The van der Waals surface area contributed by atoms with E-state index < -0.39 is 0 Å². The van der Waals surface area contributed by atoms with Gasteiger partial charge in [0.25, 0.3) is 0 Å². The van der Waals surface area contributed by atoms with Crippen LogP contribution in [-0.4, -0.2) is 62.3 Å². The van der Waals surface area contributed by atoms with E-state index in [0.29, 0.717) is 18.5 Å². The molecule has 0 bridgehead atoms. The van der Waals surface area contributed by atoms with Crippen LogP contribution >= 0.6 is 0 Å². The molecule has 0 amide bonds. The normalized spacial score (nSPS) is 17.0. The molecule has 5 rings (SSSR count). The van der Waals surface area contributed by atoms with Gasteiger partial charge in [0.1, 0.15) is 23.4 Å². The number of imidazole rings is 1. The summed E-state index contributed by atoms with van der Waals surface area (Å²) in [6, 6.07) is 13.0. The minimum absolute atomic E-state index is 0.108. The van der Waals surface area contributed by atoms with E-state index in [4.69, 9.17) is 14.5 Å². The largest absolute Gasteiger partial charge is 0.497 e. The highest BCUT2D eigenvalue weighted by molar-refractivity contribution is 5.70. The van der Waals surface area contributed by atoms with Gasteiger partial charge >= 0.3 is 0 Å². The first-order valence-electron chi connectivity index (χ1n) is 14.5. The van der Waals surface area contributed by atoms with Gasteiger partial charge in [-0.15, -0.1) is 0 Å². The summed E-state index contributed by atoms with van der Waals surface area (Å²) in [6.07, 6.45) is 9.70. The van der Waals surface area contributed by atoms with E-state index in [2.05, 4.69) is 69.5 Å². The maximum Gasteiger partial charge on any atom is 0.181 e. The van der Waals surface area contributed by atoms with E-state index in [0.717, 1.165) is 61.0 Å². The fourth-order valence-electron chi connectivity index (χ4n) is 6.14. The number of aromatic nitrogens is 5. The van der Waals surface area contributed by atoms with Gasteiger partial charge in [0, 0.05) is 43.0 Å². The van der Waals surface area contributed by atoms with Crippen molar-refractivity contribution >= 4 is 11.2 Å². The lowest BCUT2D eigenvalue weighted by Gasteiger charge is -2.43. The topological polar surface area (TPSA) is 78.2 Å². The average molecular weight is 543 g/mol. The van der Waals surface area contributed by atoms with E-state index >= 15 is 0 Å². The quantitative estimate of drug-likeness (QED) is 0.232. The Morgan fingerprint density at radius 2 is 1.90 bits per heavy atom. The maximum atomic E-state index is 6.09. The molecule has 1 aromatic carbocycles. The zero-order valence-corrected chi connectivity index (χ0v) is 24.5. The predicted molar refractivity (Wildman–Crippen MR) is 157 cm³/mol. The summed E-state index contributed by atoms with van der Waals surface area (Å²) in [4.78, 5) is 21.0. The third-order valence-corrected chi connectivity index (χ3v) is 8.46. The van der Waals surface area contributed by atoms with Crippen molar-refractivity contribution in [3.63, 3.8) is 0 Å². The standard InChI is InChI=1S/C32H42N6O2/c1-6-40-21-25(28-8-7-17-38(28)32(3,4)26-13-9-23(2)34-18-26)12-16-30-36-31-29(19-33-22-35-31)37(30)20-24-10-14-27(39-5)15-11-24/h9-11,13-15,18-19,22,25,28H,6-8,12,16-17,20-21H2,1-5H3. The van der Waals surface area contributed by atoms with Gasteiger partial charge < -0.3 is 14.0 Å². The maximum absolute atomic E-state index is 6.09. The van der Waals surface area contributed by atoms with E-state index in [1.54, 1.807) is 13.4 Å². The molecule has 0 aliphatic carbocycles. The number of nitrogens with zero attached hydrogens (tertiary/aromatic N) is 6. The third kappa shape index (κ3) is 6.03. The molecule has 8 heteroatoms. The number of ether oxygens (including phenoxy) is 2. The van der Waals surface area contributed by atoms with E-state index in [-0.39, 0.29) is 5.54 Å². The molecular formula is C32H42N6O2. The lowest BCUT2D eigenvalue weighted by molar-refractivity contribution is 0.0237. The van der Waals surface area contributed by atoms with Crippen LogP contribution in [0.3, 0.4) is 0 Å². The van der Waals surface area contributed by atoms with Crippen molar-refractivity contribution in [3.05, 3.63) is 77.8 Å². The summed E-state index contributed by atoms with van der Waals surface area (Å²) < 4.78 is 13.7. The second-order valence-electron chi connectivity index (χ2n) is 11.3. The molecule has 0 N–H and O–H groups in total. The number of rotatable bonds is 12. The minimum atomic E-state index is -0.108. The van der Waals surface area contributed by atoms with Crippen LogP contribution in [0.2, 0.25) is 0 Å². The third-order valence-electron chi connectivity index (χ3n) is 8.46. The van der Waals surface area contributed by atoms with Crippen molar-refractivity contribution in [2.45, 2.75) is 71.5 Å². The molecule has 2 atom stereocenters. The summed E-state index contributed by atoms with van der Waals surface area (Å²) in [5, 5.41) is 0. The first-order chi connectivity index (χ1) is 19.4. The zero-order chi connectivity index (χ0) is 28.1. The van der Waals surface area contributed by atoms with Crippen LogP contribution in [0, 0.1) is 12.8 Å². The van der Waals surface area contributed by atoms with Crippen molar-refractivity contribution in [3.8, 4) is 5.75 Å². The van der Waals surface area contributed by atoms with Gasteiger partial charge in [-0.2, -0.15) is 0 Å². The Hall–Kier alpha value is -3.36. The molecule has 1 aliphatic heterocycles. The van der Waals surface area contributed by atoms with Gasteiger partial charge in [0.15, 0.2) is 5.65 Å². The Bertz CT molecular complexity index is 1380. The number of benzene rings is 1. The lowest BCUT2D eigenvalue weighted by atomic mass is 9.87. The van der Waals surface area contributed by atoms with Gasteiger partial charge in [0.05, 0.1) is 19.9 Å². The molecule has 1 aliphatic rings. The average Bonchev–Trinajstić information content (AvgIpc) is 3.60. The van der Waals surface area contributed by atoms with Crippen molar-refractivity contribution in [1.82, 2.24) is 29.4 Å². The molecule has 0 spiro atoms. The molecule has 4 heterocycles. The molecule has 1 fully saturated rings. The van der Waals surface area contributed by atoms with Crippen LogP contribution in [-0.2, 0) is 23.2 Å². The molecule has 3 aromatic heterocycles. The van der Waals surface area contributed by atoms with E-state index in [1.807, 2.05) is 31.5 Å². The van der Waals surface area contributed by atoms with E-state index in [1.165, 1.54) is 24.0 Å². The molecule has 2 unspecified atom stereocenters. The molecule has 212 valence electrons. The smallest absolute Gasteiger partial charge is 0.181 e. The zero-order valence-electron chi connectivity index (χ0n) is 24.5. The molecule has 0 radical (unpaired) electrons. The summed E-state index contributed by atoms with van der Waals surface area (Å²) in [7, 11) is 1.69. The summed E-state index contributed by atoms with van der Waals surface area (Å²) in [5.74, 6) is 2.28. The van der Waals surface area contributed by atoms with Crippen molar-refractivity contribution < 1.29 is 9.47 Å². The summed E-state index contributed by atoms with van der Waals surface area (Å²) in [6.45, 7) is 12.1. The van der Waals surface area contributed by atoms with Crippen molar-refractivity contribution in [1.29, 1.82) is 0 Å². The van der Waals surface area contributed by atoms with Gasteiger partial charge in [-0.3, -0.25) is 9.88 Å². The van der Waals surface area contributed by atoms with Crippen LogP contribution in [0.4, 0.5) is 0 Å². The summed E-state index contributed by atoms with van der Waals surface area (Å²) >= 11 is 0. The minimum Gasteiger partial charge on any atom is -0.497 e. The van der Waals surface area contributed by atoms with Crippen molar-refractivity contribution in [2.75, 3.05) is 26.9 Å². The number of aryl methyl sites for hydroxylation is 2. The van der Waals surface area contributed by atoms with Crippen LogP contribution in [0.25, 0.3) is 11.2 Å². The molecule has 8 nitrogen and oxygen atoms in total. The predicted octanol–water partition coefficient (Wildman–Crippen LogP) is 5.57.